The van der Waals surface area contributed by atoms with Gasteiger partial charge in [-0.05, 0) is 78.7 Å². The van der Waals surface area contributed by atoms with E-state index < -0.39 is 0 Å². The molecule has 8 heteroatoms. The van der Waals surface area contributed by atoms with Crippen LogP contribution in [0.3, 0.4) is 0 Å². The minimum Gasteiger partial charge on any atom is -0.496 e. The number of nitrogens with zero attached hydrogens (tertiary/aromatic N) is 3. The van der Waals surface area contributed by atoms with Crippen LogP contribution in [0.25, 0.3) is 22.0 Å². The van der Waals surface area contributed by atoms with Crippen LogP contribution in [-0.2, 0) is 6.42 Å². The summed E-state index contributed by atoms with van der Waals surface area (Å²) in [6, 6.07) is 16.7. The Kier molecular flexibility index (Phi) is 7.94. The maximum Gasteiger partial charge on any atom is 0.223 e. The molecule has 0 saturated heterocycles. The molecule has 1 aliphatic carbocycles. The summed E-state index contributed by atoms with van der Waals surface area (Å²) >= 11 is 1.45. The number of methoxy groups -OCH3 is 2. The Hall–Kier alpha value is -3.52. The lowest BCUT2D eigenvalue weighted by atomic mass is 9.96. The van der Waals surface area contributed by atoms with E-state index in [1.807, 2.05) is 42.6 Å². The van der Waals surface area contributed by atoms with Crippen LogP contribution in [-0.4, -0.2) is 35.2 Å². The van der Waals surface area contributed by atoms with Crippen LogP contribution < -0.4 is 19.5 Å². The third-order valence-electron chi connectivity index (χ3n) is 6.78. The highest BCUT2D eigenvalue weighted by atomic mass is 32.2. The summed E-state index contributed by atoms with van der Waals surface area (Å²) < 4.78 is 14.4. The van der Waals surface area contributed by atoms with Gasteiger partial charge in [-0.15, -0.1) is 0 Å². The molecule has 2 aromatic heterocycles. The molecule has 37 heavy (non-hydrogen) atoms. The Bertz CT molecular complexity index is 1370. The molecule has 7 nitrogen and oxygen atoms in total. The van der Waals surface area contributed by atoms with Crippen LogP contribution in [0.5, 0.6) is 11.6 Å². The first-order valence-electron chi connectivity index (χ1n) is 12.9. The maximum absolute atomic E-state index is 5.70. The number of hydrogen-bond acceptors (Lipinski definition) is 8. The van der Waals surface area contributed by atoms with E-state index >= 15 is 0 Å². The zero-order chi connectivity index (χ0) is 25.6. The van der Waals surface area contributed by atoms with Gasteiger partial charge in [-0.2, -0.15) is 4.98 Å². The largest absolute Gasteiger partial charge is 0.496 e. The lowest BCUT2D eigenvalue weighted by Gasteiger charge is -2.22. The van der Waals surface area contributed by atoms with Gasteiger partial charge in [0.05, 0.1) is 24.6 Å². The van der Waals surface area contributed by atoms with Crippen LogP contribution in [0, 0.1) is 0 Å². The quantitative estimate of drug-likeness (QED) is 0.228. The number of ether oxygens (including phenoxy) is 2. The highest BCUT2D eigenvalue weighted by Crippen LogP contribution is 2.35. The average molecular weight is 516 g/mol. The van der Waals surface area contributed by atoms with E-state index in [1.54, 1.807) is 14.2 Å². The van der Waals surface area contributed by atoms with E-state index in [2.05, 4.69) is 34.1 Å². The molecule has 1 fully saturated rings. The van der Waals surface area contributed by atoms with Crippen molar-refractivity contribution in [2.75, 3.05) is 24.3 Å². The number of aromatic nitrogens is 3. The number of pyridine rings is 1. The van der Waals surface area contributed by atoms with Gasteiger partial charge in [-0.3, -0.25) is 0 Å². The summed E-state index contributed by atoms with van der Waals surface area (Å²) in [5, 5.41) is 4.57. The molecule has 0 radical (unpaired) electrons. The minimum atomic E-state index is 0.471. The standard InChI is InChI=1S/C29H33N5O2S/c1-4-19-16-20(17-21-18-30-29(33-27(19)21)31-22-10-6-5-7-11-22)23-14-15-26(32-28(23)36-3)34-37-25-13-9-8-12-24(25)35-2/h8-9,12-18,22H,4-7,10-11H2,1-3H3,(H,32,34)(H,30,31,33). The first-order chi connectivity index (χ1) is 18.2. The molecule has 0 bridgehead atoms. The fourth-order valence-corrected chi connectivity index (χ4v) is 5.55. The third kappa shape index (κ3) is 5.74. The highest BCUT2D eigenvalue weighted by Gasteiger charge is 2.16. The Morgan fingerprint density at radius 1 is 0.973 bits per heavy atom. The van der Waals surface area contributed by atoms with Gasteiger partial charge in [0.2, 0.25) is 11.8 Å². The summed E-state index contributed by atoms with van der Waals surface area (Å²) in [6.07, 6.45) is 9.06. The summed E-state index contributed by atoms with van der Waals surface area (Å²) in [6.45, 7) is 2.16. The number of rotatable bonds is 9. The average Bonchev–Trinajstić information content (AvgIpc) is 2.96. The van der Waals surface area contributed by atoms with Crippen molar-refractivity contribution in [3.05, 3.63) is 60.3 Å². The van der Waals surface area contributed by atoms with Gasteiger partial charge in [-0.1, -0.05) is 38.3 Å². The second-order valence-electron chi connectivity index (χ2n) is 9.21. The van der Waals surface area contributed by atoms with Crippen LogP contribution in [0.15, 0.2) is 59.6 Å². The number of hydrogen-bond donors (Lipinski definition) is 2. The van der Waals surface area contributed by atoms with Crippen molar-refractivity contribution >= 4 is 34.6 Å². The van der Waals surface area contributed by atoms with Crippen molar-refractivity contribution in [2.24, 2.45) is 0 Å². The van der Waals surface area contributed by atoms with E-state index in [9.17, 15) is 0 Å². The van der Waals surface area contributed by atoms with Gasteiger partial charge >= 0.3 is 0 Å². The highest BCUT2D eigenvalue weighted by molar-refractivity contribution is 8.00. The fraction of sp³-hybridized carbons (Fsp3) is 0.345. The molecule has 1 saturated carbocycles. The van der Waals surface area contributed by atoms with Gasteiger partial charge in [0.15, 0.2) is 0 Å². The fourth-order valence-electron chi connectivity index (χ4n) is 4.83. The topological polar surface area (TPSA) is 81.2 Å². The van der Waals surface area contributed by atoms with E-state index in [0.29, 0.717) is 17.7 Å². The molecule has 0 atom stereocenters. The molecule has 2 aromatic carbocycles. The number of nitrogens with one attached hydrogen (secondary N) is 2. The van der Waals surface area contributed by atoms with Crippen molar-refractivity contribution in [1.29, 1.82) is 0 Å². The lowest BCUT2D eigenvalue weighted by molar-refractivity contribution is 0.400. The van der Waals surface area contributed by atoms with Crippen LogP contribution in [0.1, 0.15) is 44.6 Å². The van der Waals surface area contributed by atoms with Crippen LogP contribution in [0.4, 0.5) is 11.8 Å². The van der Waals surface area contributed by atoms with Crippen molar-refractivity contribution in [1.82, 2.24) is 15.0 Å². The molecule has 4 aromatic rings. The second kappa shape index (κ2) is 11.7. The molecular weight excluding hydrogens is 482 g/mol. The van der Waals surface area contributed by atoms with Gasteiger partial charge in [0.25, 0.3) is 0 Å². The number of fused-ring (bicyclic) bond motifs is 1. The van der Waals surface area contributed by atoms with E-state index in [1.165, 1.54) is 49.6 Å². The van der Waals surface area contributed by atoms with Crippen molar-refractivity contribution in [3.8, 4) is 22.8 Å². The van der Waals surface area contributed by atoms with Crippen molar-refractivity contribution in [2.45, 2.75) is 56.4 Å². The van der Waals surface area contributed by atoms with E-state index in [0.717, 1.165) is 45.0 Å². The number of para-hydroxylation sites is 1. The molecule has 0 aliphatic heterocycles. The molecule has 192 valence electrons. The smallest absolute Gasteiger partial charge is 0.223 e. The lowest BCUT2D eigenvalue weighted by Crippen LogP contribution is -2.23. The number of anilines is 2. The molecule has 0 spiro atoms. The molecule has 2 heterocycles. The minimum absolute atomic E-state index is 0.471. The first kappa shape index (κ1) is 25.1. The predicted molar refractivity (Wildman–Crippen MR) is 152 cm³/mol. The maximum atomic E-state index is 5.70. The first-order valence-corrected chi connectivity index (χ1v) is 13.7. The molecule has 0 unspecified atom stereocenters. The molecule has 5 rings (SSSR count). The van der Waals surface area contributed by atoms with E-state index in [4.69, 9.17) is 19.4 Å². The Morgan fingerprint density at radius 2 is 1.81 bits per heavy atom. The third-order valence-corrected chi connectivity index (χ3v) is 7.65. The van der Waals surface area contributed by atoms with Crippen molar-refractivity contribution in [3.63, 3.8) is 0 Å². The summed E-state index contributed by atoms with van der Waals surface area (Å²) in [5.74, 6) is 2.80. The monoisotopic (exact) mass is 515 g/mol. The van der Waals surface area contributed by atoms with Gasteiger partial charge in [0, 0.05) is 23.2 Å². The van der Waals surface area contributed by atoms with Crippen LogP contribution >= 0.6 is 11.9 Å². The number of benzene rings is 2. The van der Waals surface area contributed by atoms with Gasteiger partial charge in [0.1, 0.15) is 11.6 Å². The zero-order valence-electron chi connectivity index (χ0n) is 21.6. The Labute approximate surface area is 222 Å². The SMILES string of the molecule is CCc1cc(-c2ccc(NSc3ccccc3OC)nc2OC)cc2cnc(NC3CCCCC3)nc12. The van der Waals surface area contributed by atoms with Gasteiger partial charge < -0.3 is 19.5 Å². The Morgan fingerprint density at radius 3 is 2.59 bits per heavy atom. The second-order valence-corrected chi connectivity index (χ2v) is 10.1. The zero-order valence-corrected chi connectivity index (χ0v) is 22.4. The summed E-state index contributed by atoms with van der Waals surface area (Å²) in [5.41, 5.74) is 4.14. The molecule has 2 N–H and O–H groups in total. The Balaban J connectivity index is 1.40. The summed E-state index contributed by atoms with van der Waals surface area (Å²) in [4.78, 5) is 15.2. The molecule has 1 aliphatic rings. The van der Waals surface area contributed by atoms with Gasteiger partial charge in [-0.25, -0.2) is 9.97 Å². The molecule has 0 amide bonds. The number of aryl methyl sites for hydroxylation is 1. The van der Waals surface area contributed by atoms with Crippen molar-refractivity contribution < 1.29 is 9.47 Å². The molecular formula is C29H33N5O2S. The van der Waals surface area contributed by atoms with E-state index in [-0.39, 0.29) is 0 Å². The van der Waals surface area contributed by atoms with Crippen LogP contribution in [0.2, 0.25) is 0 Å². The summed E-state index contributed by atoms with van der Waals surface area (Å²) in [7, 11) is 3.32. The predicted octanol–water partition coefficient (Wildman–Crippen LogP) is 7.14. The normalized spacial score (nSPS) is 13.9.